The van der Waals surface area contributed by atoms with Crippen molar-refractivity contribution in [2.45, 2.75) is 6.42 Å². The minimum Gasteiger partial charge on any atom is -0.385 e. The molecule has 0 N–H and O–H groups in total. The lowest BCUT2D eigenvalue weighted by atomic mass is 10.4. The van der Waals surface area contributed by atoms with Crippen molar-refractivity contribution < 1.29 is 4.74 Å². The molecule has 0 aromatic carbocycles. The molecule has 13 heavy (non-hydrogen) atoms. The van der Waals surface area contributed by atoms with Crippen molar-refractivity contribution in [3.63, 3.8) is 0 Å². The van der Waals surface area contributed by atoms with Gasteiger partial charge in [-0.25, -0.2) is 4.98 Å². The second-order valence-corrected chi connectivity index (χ2v) is 2.78. The van der Waals surface area contributed by atoms with Gasteiger partial charge in [0.2, 0.25) is 0 Å². The van der Waals surface area contributed by atoms with Crippen LogP contribution in [0.25, 0.3) is 0 Å². The fourth-order valence-electron chi connectivity index (χ4n) is 0.948. The largest absolute Gasteiger partial charge is 0.385 e. The molecule has 1 rings (SSSR count). The van der Waals surface area contributed by atoms with Gasteiger partial charge in [0.25, 0.3) is 0 Å². The Morgan fingerprint density at radius 2 is 2.54 bits per heavy atom. The van der Waals surface area contributed by atoms with Crippen LogP contribution in [0.4, 0.5) is 0 Å². The van der Waals surface area contributed by atoms with Crippen LogP contribution in [0.15, 0.2) is 17.4 Å². The molecule has 0 unspecified atom stereocenters. The van der Waals surface area contributed by atoms with Crippen molar-refractivity contribution in [3.8, 4) is 0 Å². The standard InChI is InChI=1S/C9H15N3O/c1-12-6-5-11-9(12)8-10-4-3-7-13-2/h5-6,8H,3-4,7H2,1-2H3. The molecular weight excluding hydrogens is 166 g/mol. The molecule has 0 radical (unpaired) electrons. The van der Waals surface area contributed by atoms with Crippen LogP contribution in [0.2, 0.25) is 0 Å². The van der Waals surface area contributed by atoms with Gasteiger partial charge >= 0.3 is 0 Å². The van der Waals surface area contributed by atoms with E-state index in [1.807, 2.05) is 17.8 Å². The summed E-state index contributed by atoms with van der Waals surface area (Å²) >= 11 is 0. The molecule has 0 bridgehead atoms. The Morgan fingerprint density at radius 1 is 1.69 bits per heavy atom. The maximum absolute atomic E-state index is 4.91. The fourth-order valence-corrected chi connectivity index (χ4v) is 0.948. The van der Waals surface area contributed by atoms with Gasteiger partial charge in [-0.05, 0) is 6.42 Å². The average molecular weight is 181 g/mol. The van der Waals surface area contributed by atoms with E-state index in [1.54, 1.807) is 19.5 Å². The van der Waals surface area contributed by atoms with Crippen LogP contribution in [0, 0.1) is 0 Å². The number of ether oxygens (including phenoxy) is 1. The Labute approximate surface area is 78.3 Å². The molecule has 0 aliphatic heterocycles. The number of imidazole rings is 1. The number of rotatable bonds is 5. The van der Waals surface area contributed by atoms with Crippen LogP contribution in [-0.4, -0.2) is 36.0 Å². The van der Waals surface area contributed by atoms with Crippen molar-refractivity contribution in [1.29, 1.82) is 0 Å². The lowest BCUT2D eigenvalue weighted by molar-refractivity contribution is 0.197. The summed E-state index contributed by atoms with van der Waals surface area (Å²) in [6.45, 7) is 1.55. The zero-order valence-electron chi connectivity index (χ0n) is 8.10. The molecule has 72 valence electrons. The van der Waals surface area contributed by atoms with E-state index in [1.165, 1.54) is 0 Å². The molecule has 0 aliphatic rings. The van der Waals surface area contributed by atoms with Crippen LogP contribution < -0.4 is 0 Å². The second-order valence-electron chi connectivity index (χ2n) is 2.78. The zero-order valence-corrected chi connectivity index (χ0v) is 8.10. The molecule has 0 fully saturated rings. The first kappa shape index (κ1) is 9.92. The zero-order chi connectivity index (χ0) is 9.52. The van der Waals surface area contributed by atoms with Gasteiger partial charge in [-0.15, -0.1) is 0 Å². The van der Waals surface area contributed by atoms with Gasteiger partial charge in [-0.2, -0.15) is 0 Å². The molecular formula is C9H15N3O. The normalized spacial score (nSPS) is 11.2. The quantitative estimate of drug-likeness (QED) is 0.499. The highest BCUT2D eigenvalue weighted by atomic mass is 16.5. The van der Waals surface area contributed by atoms with Gasteiger partial charge in [0.15, 0.2) is 0 Å². The first-order valence-corrected chi connectivity index (χ1v) is 4.30. The fraction of sp³-hybridized carbons (Fsp3) is 0.556. The van der Waals surface area contributed by atoms with E-state index in [2.05, 4.69) is 9.98 Å². The molecule has 0 saturated carbocycles. The first-order chi connectivity index (χ1) is 6.34. The molecule has 1 heterocycles. The monoisotopic (exact) mass is 181 g/mol. The van der Waals surface area contributed by atoms with Gasteiger partial charge in [0.05, 0.1) is 6.21 Å². The van der Waals surface area contributed by atoms with E-state index >= 15 is 0 Å². The highest BCUT2D eigenvalue weighted by molar-refractivity contribution is 5.74. The number of aromatic nitrogens is 2. The maximum Gasteiger partial charge on any atom is 0.150 e. The van der Waals surface area contributed by atoms with Gasteiger partial charge in [-0.1, -0.05) is 0 Å². The minimum absolute atomic E-state index is 0.762. The van der Waals surface area contributed by atoms with Crippen LogP contribution in [0.3, 0.4) is 0 Å². The van der Waals surface area contributed by atoms with E-state index in [0.29, 0.717) is 0 Å². The van der Waals surface area contributed by atoms with Gasteiger partial charge < -0.3 is 9.30 Å². The molecule has 4 heteroatoms. The van der Waals surface area contributed by atoms with Gasteiger partial charge in [0.1, 0.15) is 5.82 Å². The molecule has 0 aliphatic carbocycles. The summed E-state index contributed by atoms with van der Waals surface area (Å²) < 4.78 is 6.84. The van der Waals surface area contributed by atoms with Crippen LogP contribution >= 0.6 is 0 Å². The molecule has 0 saturated heterocycles. The number of aryl methyl sites for hydroxylation is 1. The summed E-state index contributed by atoms with van der Waals surface area (Å²) in [7, 11) is 3.64. The van der Waals surface area contributed by atoms with E-state index in [0.717, 1.165) is 25.4 Å². The van der Waals surface area contributed by atoms with Crippen LogP contribution in [-0.2, 0) is 11.8 Å². The van der Waals surface area contributed by atoms with E-state index < -0.39 is 0 Å². The average Bonchev–Trinajstić information content (AvgIpc) is 2.52. The highest BCUT2D eigenvalue weighted by Gasteiger charge is 1.91. The van der Waals surface area contributed by atoms with E-state index in [4.69, 9.17) is 4.74 Å². The Hall–Kier alpha value is -1.16. The van der Waals surface area contributed by atoms with Crippen molar-refractivity contribution >= 4 is 6.21 Å². The van der Waals surface area contributed by atoms with Gasteiger partial charge in [-0.3, -0.25) is 4.99 Å². The molecule has 1 aromatic heterocycles. The van der Waals surface area contributed by atoms with E-state index in [9.17, 15) is 0 Å². The summed E-state index contributed by atoms with van der Waals surface area (Å²) in [6.07, 6.45) is 6.40. The second kappa shape index (κ2) is 5.48. The smallest absolute Gasteiger partial charge is 0.150 e. The summed E-state index contributed by atoms with van der Waals surface area (Å²) in [5.74, 6) is 0.886. The number of hydrogen-bond acceptors (Lipinski definition) is 3. The Balaban J connectivity index is 2.28. The molecule has 0 spiro atoms. The third-order valence-corrected chi connectivity index (χ3v) is 1.70. The number of hydrogen-bond donors (Lipinski definition) is 0. The summed E-state index contributed by atoms with van der Waals surface area (Å²) in [4.78, 5) is 8.34. The molecule has 0 atom stereocenters. The van der Waals surface area contributed by atoms with Crippen LogP contribution in [0.1, 0.15) is 12.2 Å². The topological polar surface area (TPSA) is 39.4 Å². The number of aliphatic imine (C=N–C) groups is 1. The number of nitrogens with zero attached hydrogens (tertiary/aromatic N) is 3. The van der Waals surface area contributed by atoms with E-state index in [-0.39, 0.29) is 0 Å². The van der Waals surface area contributed by atoms with Crippen LogP contribution in [0.5, 0.6) is 0 Å². The lowest BCUT2D eigenvalue weighted by Gasteiger charge is -1.94. The lowest BCUT2D eigenvalue weighted by Crippen LogP contribution is -1.97. The molecule has 4 nitrogen and oxygen atoms in total. The molecule has 1 aromatic rings. The predicted octanol–water partition coefficient (Wildman–Crippen LogP) is 0.876. The third kappa shape index (κ3) is 3.38. The molecule has 0 amide bonds. The van der Waals surface area contributed by atoms with Crippen molar-refractivity contribution in [3.05, 3.63) is 18.2 Å². The van der Waals surface area contributed by atoms with Gasteiger partial charge in [0, 0.05) is 39.7 Å². The Kier molecular flexibility index (Phi) is 4.18. The highest BCUT2D eigenvalue weighted by Crippen LogP contribution is 1.90. The van der Waals surface area contributed by atoms with Crippen molar-refractivity contribution in [2.75, 3.05) is 20.3 Å². The third-order valence-electron chi connectivity index (χ3n) is 1.70. The predicted molar refractivity (Wildman–Crippen MR) is 52.2 cm³/mol. The minimum atomic E-state index is 0.762. The van der Waals surface area contributed by atoms with Crippen molar-refractivity contribution in [1.82, 2.24) is 9.55 Å². The summed E-state index contributed by atoms with van der Waals surface area (Å²) in [5, 5.41) is 0. The Morgan fingerprint density at radius 3 is 3.15 bits per heavy atom. The summed E-state index contributed by atoms with van der Waals surface area (Å²) in [6, 6.07) is 0. The SMILES string of the molecule is COCCCN=Cc1nccn1C. The first-order valence-electron chi connectivity index (χ1n) is 4.30. The maximum atomic E-state index is 4.91. The summed E-state index contributed by atoms with van der Waals surface area (Å²) in [5.41, 5.74) is 0. The van der Waals surface area contributed by atoms with Crippen molar-refractivity contribution in [2.24, 2.45) is 12.0 Å². The Bertz CT molecular complexity index is 268. The number of methoxy groups -OCH3 is 1.